The van der Waals surface area contributed by atoms with E-state index in [2.05, 4.69) is 26.9 Å². The first-order valence-electron chi connectivity index (χ1n) is 9.61. The fourth-order valence-corrected chi connectivity index (χ4v) is 3.73. The Morgan fingerprint density at radius 3 is 2.59 bits per heavy atom. The third-order valence-electron chi connectivity index (χ3n) is 5.22. The highest BCUT2D eigenvalue weighted by molar-refractivity contribution is 5.90. The van der Waals surface area contributed by atoms with Gasteiger partial charge in [-0.1, -0.05) is 12.1 Å². The number of nitrogens with one attached hydrogen (secondary N) is 3. The normalized spacial score (nSPS) is 19.9. The number of hydrogen-bond acceptors (Lipinski definition) is 6. The van der Waals surface area contributed by atoms with Crippen molar-refractivity contribution < 1.29 is 0 Å². The van der Waals surface area contributed by atoms with Crippen LogP contribution in [0.4, 0.5) is 11.8 Å². The third kappa shape index (κ3) is 4.19. The van der Waals surface area contributed by atoms with E-state index in [1.807, 2.05) is 49.6 Å². The molecule has 0 aliphatic heterocycles. The van der Waals surface area contributed by atoms with Crippen LogP contribution in [0.3, 0.4) is 0 Å². The Bertz CT molecular complexity index is 867. The number of aromatic amines is 1. The molecule has 3 N–H and O–H groups in total. The van der Waals surface area contributed by atoms with E-state index in [1.165, 1.54) is 5.56 Å². The molecule has 0 saturated heterocycles. The molecular weight excluding hydrogens is 338 g/mol. The van der Waals surface area contributed by atoms with Crippen molar-refractivity contribution in [2.75, 3.05) is 24.3 Å². The molecule has 1 saturated carbocycles. The van der Waals surface area contributed by atoms with Gasteiger partial charge >= 0.3 is 0 Å². The van der Waals surface area contributed by atoms with Crippen LogP contribution < -0.4 is 15.5 Å². The second kappa shape index (κ2) is 7.92. The fourth-order valence-electron chi connectivity index (χ4n) is 3.73. The molecule has 1 aliphatic carbocycles. The fraction of sp³-hybridized carbons (Fsp3) is 0.450. The molecular formula is C20H27N7. The van der Waals surface area contributed by atoms with E-state index in [0.29, 0.717) is 12.1 Å². The molecule has 142 valence electrons. The van der Waals surface area contributed by atoms with E-state index in [9.17, 15) is 0 Å². The Labute approximate surface area is 159 Å². The van der Waals surface area contributed by atoms with Gasteiger partial charge in [-0.3, -0.25) is 5.10 Å². The molecule has 2 aromatic heterocycles. The van der Waals surface area contributed by atoms with Gasteiger partial charge in [0.25, 0.3) is 0 Å². The smallest absolute Gasteiger partial charge is 0.225 e. The van der Waals surface area contributed by atoms with E-state index in [4.69, 9.17) is 9.97 Å². The monoisotopic (exact) mass is 365 g/mol. The maximum Gasteiger partial charge on any atom is 0.225 e. The highest BCUT2D eigenvalue weighted by atomic mass is 15.2. The van der Waals surface area contributed by atoms with Crippen LogP contribution in [0.1, 0.15) is 31.2 Å². The van der Waals surface area contributed by atoms with Gasteiger partial charge in [-0.2, -0.15) is 10.1 Å². The quantitative estimate of drug-likeness (QED) is 0.623. The van der Waals surface area contributed by atoms with E-state index >= 15 is 0 Å². The molecule has 0 spiro atoms. The van der Waals surface area contributed by atoms with Crippen LogP contribution in [0.5, 0.6) is 0 Å². The van der Waals surface area contributed by atoms with Crippen molar-refractivity contribution >= 4 is 22.7 Å². The summed E-state index contributed by atoms with van der Waals surface area (Å²) >= 11 is 0. The van der Waals surface area contributed by atoms with Gasteiger partial charge < -0.3 is 15.5 Å². The lowest BCUT2D eigenvalue weighted by Crippen LogP contribution is -2.36. The number of para-hydroxylation sites is 1. The molecule has 0 unspecified atom stereocenters. The first kappa shape index (κ1) is 17.7. The van der Waals surface area contributed by atoms with Crippen molar-refractivity contribution in [3.8, 4) is 0 Å². The molecule has 0 amide bonds. The van der Waals surface area contributed by atoms with E-state index in [1.54, 1.807) is 0 Å². The minimum Gasteiger partial charge on any atom is -0.362 e. The van der Waals surface area contributed by atoms with Gasteiger partial charge in [-0.15, -0.1) is 0 Å². The molecule has 1 aliphatic rings. The van der Waals surface area contributed by atoms with Gasteiger partial charge in [0.1, 0.15) is 5.82 Å². The molecule has 7 heteroatoms. The summed E-state index contributed by atoms with van der Waals surface area (Å²) in [6.45, 7) is 0.874. The lowest BCUT2D eigenvalue weighted by Gasteiger charge is -2.30. The average Bonchev–Trinajstić information content (AvgIpc) is 3.20. The largest absolute Gasteiger partial charge is 0.362 e. The van der Waals surface area contributed by atoms with Crippen LogP contribution in [0, 0.1) is 0 Å². The van der Waals surface area contributed by atoms with Crippen LogP contribution >= 0.6 is 0 Å². The number of aromatic nitrogens is 4. The van der Waals surface area contributed by atoms with Crippen molar-refractivity contribution in [1.29, 1.82) is 0 Å². The molecule has 2 heterocycles. The summed E-state index contributed by atoms with van der Waals surface area (Å²) in [6, 6.07) is 9.16. The van der Waals surface area contributed by atoms with Crippen LogP contribution in [0.15, 0.2) is 36.7 Å². The van der Waals surface area contributed by atoms with Crippen molar-refractivity contribution in [2.24, 2.45) is 0 Å². The van der Waals surface area contributed by atoms with Gasteiger partial charge in [0.2, 0.25) is 5.95 Å². The number of benzene rings is 1. The number of rotatable bonds is 6. The minimum absolute atomic E-state index is 0.424. The lowest BCUT2D eigenvalue weighted by atomic mass is 9.91. The molecule has 4 rings (SSSR count). The first-order valence-corrected chi connectivity index (χ1v) is 9.61. The standard InChI is InChI=1S/C20H27N7/c1-27(2)19-17-5-3-4-6-18(17)25-20(26-19)24-16-9-7-15(8-10-16)21-11-14-12-22-23-13-14/h3-6,12-13,15-16,21H,7-11H2,1-2H3,(H,22,23)(H,24,25,26). The van der Waals surface area contributed by atoms with Crippen molar-refractivity contribution in [1.82, 2.24) is 25.5 Å². The first-order chi connectivity index (χ1) is 13.2. The number of hydrogen-bond donors (Lipinski definition) is 3. The Morgan fingerprint density at radius 1 is 1.07 bits per heavy atom. The molecule has 0 bridgehead atoms. The van der Waals surface area contributed by atoms with Crippen molar-refractivity contribution in [3.05, 3.63) is 42.2 Å². The summed E-state index contributed by atoms with van der Waals surface area (Å²) < 4.78 is 0. The highest BCUT2D eigenvalue weighted by Gasteiger charge is 2.22. The van der Waals surface area contributed by atoms with Crippen LogP contribution in [0.2, 0.25) is 0 Å². The van der Waals surface area contributed by atoms with Gasteiger partial charge in [-0.25, -0.2) is 4.98 Å². The molecule has 1 aromatic carbocycles. The zero-order chi connectivity index (χ0) is 18.6. The van der Waals surface area contributed by atoms with E-state index < -0.39 is 0 Å². The van der Waals surface area contributed by atoms with Crippen LogP contribution in [-0.4, -0.2) is 46.3 Å². The predicted octanol–water partition coefficient (Wildman–Crippen LogP) is 2.93. The summed E-state index contributed by atoms with van der Waals surface area (Å²) in [7, 11) is 4.05. The van der Waals surface area contributed by atoms with E-state index in [0.717, 1.165) is 54.9 Å². The number of nitrogens with zero attached hydrogens (tertiary/aromatic N) is 4. The zero-order valence-electron chi connectivity index (χ0n) is 15.9. The summed E-state index contributed by atoms with van der Waals surface area (Å²) in [5.74, 6) is 1.69. The second-order valence-corrected chi connectivity index (χ2v) is 7.46. The van der Waals surface area contributed by atoms with Gasteiger partial charge in [0, 0.05) is 49.9 Å². The predicted molar refractivity (Wildman–Crippen MR) is 109 cm³/mol. The number of fused-ring (bicyclic) bond motifs is 1. The summed E-state index contributed by atoms with van der Waals surface area (Å²) in [5, 5.41) is 15.1. The maximum atomic E-state index is 4.76. The topological polar surface area (TPSA) is 81.8 Å². The summed E-state index contributed by atoms with van der Waals surface area (Å²) in [4.78, 5) is 11.5. The van der Waals surface area contributed by atoms with Crippen molar-refractivity contribution in [2.45, 2.75) is 44.3 Å². The van der Waals surface area contributed by atoms with Gasteiger partial charge in [0.15, 0.2) is 0 Å². The molecule has 27 heavy (non-hydrogen) atoms. The second-order valence-electron chi connectivity index (χ2n) is 7.46. The average molecular weight is 365 g/mol. The molecule has 3 aromatic rings. The molecule has 0 radical (unpaired) electrons. The maximum absolute atomic E-state index is 4.76. The van der Waals surface area contributed by atoms with Crippen LogP contribution in [-0.2, 0) is 6.54 Å². The Kier molecular flexibility index (Phi) is 5.20. The highest BCUT2D eigenvalue weighted by Crippen LogP contribution is 2.26. The zero-order valence-corrected chi connectivity index (χ0v) is 15.9. The Balaban J connectivity index is 1.37. The third-order valence-corrected chi connectivity index (χ3v) is 5.22. The Morgan fingerprint density at radius 2 is 1.85 bits per heavy atom. The van der Waals surface area contributed by atoms with E-state index in [-0.39, 0.29) is 0 Å². The molecule has 7 nitrogen and oxygen atoms in total. The van der Waals surface area contributed by atoms with Crippen LogP contribution in [0.25, 0.3) is 10.9 Å². The minimum atomic E-state index is 0.424. The van der Waals surface area contributed by atoms with Gasteiger partial charge in [0.05, 0.1) is 11.7 Å². The molecule has 1 fully saturated rings. The lowest BCUT2D eigenvalue weighted by molar-refractivity contribution is 0.352. The Hall–Kier alpha value is -2.67. The summed E-state index contributed by atoms with van der Waals surface area (Å²) in [5.41, 5.74) is 2.19. The number of H-pyrrole nitrogens is 1. The number of anilines is 2. The van der Waals surface area contributed by atoms with Gasteiger partial charge in [-0.05, 0) is 37.8 Å². The summed E-state index contributed by atoms with van der Waals surface area (Å²) in [6.07, 6.45) is 8.37. The van der Waals surface area contributed by atoms with Crippen molar-refractivity contribution in [3.63, 3.8) is 0 Å². The molecule has 0 atom stereocenters. The SMILES string of the molecule is CN(C)c1nc(NC2CCC(NCc3cn[nH]c3)CC2)nc2ccccc12.